The van der Waals surface area contributed by atoms with E-state index >= 15 is 0 Å². The van der Waals surface area contributed by atoms with Crippen molar-refractivity contribution in [3.63, 3.8) is 0 Å². The predicted octanol–water partition coefficient (Wildman–Crippen LogP) is 12.0. The Hall–Kier alpha value is -1.03. The van der Waals surface area contributed by atoms with Gasteiger partial charge in [0.2, 0.25) is 0 Å². The van der Waals surface area contributed by atoms with E-state index in [1.165, 1.54) is 11.7 Å². The SMILES string of the molecule is CC/C=C\C/C=C\C/C=C\C/C=C\C/C=C\C/C=C\CCC(=O)Oc1cc(OCCC)cc(OSP(I)I)c1. The lowest BCUT2D eigenvalue weighted by molar-refractivity contribution is -0.134. The van der Waals surface area contributed by atoms with E-state index in [-0.39, 0.29) is 8.38 Å². The Morgan fingerprint density at radius 3 is 1.74 bits per heavy atom. The number of esters is 1. The Labute approximate surface area is 267 Å². The van der Waals surface area contributed by atoms with Crippen molar-refractivity contribution in [1.29, 1.82) is 0 Å². The molecule has 0 aliphatic rings. The summed E-state index contributed by atoms with van der Waals surface area (Å²) in [5, 5.41) is 0. The molecule has 214 valence electrons. The first-order valence-corrected chi connectivity index (χ1v) is 21.7. The van der Waals surface area contributed by atoms with Crippen LogP contribution in [0.25, 0.3) is 0 Å². The minimum atomic E-state index is -0.331. The van der Waals surface area contributed by atoms with Crippen molar-refractivity contribution in [3.05, 3.63) is 91.1 Å². The molecular formula is C31H41I2O4PS. The molecule has 0 radical (unpaired) electrons. The molecule has 0 aliphatic carbocycles. The van der Waals surface area contributed by atoms with Gasteiger partial charge in [0.05, 0.1) is 6.61 Å². The molecule has 0 aromatic heterocycles. The Kier molecular flexibility index (Phi) is 23.9. The van der Waals surface area contributed by atoms with Gasteiger partial charge in [-0.1, -0.05) is 86.8 Å². The molecule has 0 atom stereocenters. The second kappa shape index (κ2) is 25.9. The summed E-state index contributed by atoms with van der Waals surface area (Å²) in [7, 11) is 0. The van der Waals surface area contributed by atoms with Gasteiger partial charge < -0.3 is 13.7 Å². The summed E-state index contributed by atoms with van der Waals surface area (Å²) in [4.78, 5) is 12.3. The van der Waals surface area contributed by atoms with E-state index in [4.69, 9.17) is 13.7 Å². The molecule has 0 saturated heterocycles. The molecule has 0 aliphatic heterocycles. The fourth-order valence-corrected chi connectivity index (χ4v) is 5.16. The highest BCUT2D eigenvalue weighted by molar-refractivity contribution is 14.3. The first-order chi connectivity index (χ1) is 19.0. The summed E-state index contributed by atoms with van der Waals surface area (Å²) in [6, 6.07) is 5.29. The van der Waals surface area contributed by atoms with Crippen LogP contribution in [0.3, 0.4) is 0 Å². The minimum Gasteiger partial charge on any atom is -0.493 e. The first-order valence-electron chi connectivity index (χ1n) is 13.4. The third-order valence-electron chi connectivity index (χ3n) is 4.86. The molecule has 0 fully saturated rings. The number of carbonyl (C=O) groups excluding carboxylic acids is 1. The number of ether oxygens (including phenoxy) is 2. The molecule has 0 saturated carbocycles. The Balaban J connectivity index is 2.25. The fraction of sp³-hybridized carbons (Fsp3) is 0.387. The van der Waals surface area contributed by atoms with E-state index in [1.54, 1.807) is 12.1 Å². The van der Waals surface area contributed by atoms with Gasteiger partial charge in [-0.2, -0.15) is 0 Å². The number of allylic oxidation sites excluding steroid dienone is 12. The first kappa shape index (κ1) is 36.0. The highest BCUT2D eigenvalue weighted by Crippen LogP contribution is 2.64. The number of rotatable bonds is 21. The third-order valence-corrected chi connectivity index (χ3v) is 8.70. The van der Waals surface area contributed by atoms with Gasteiger partial charge in [-0.05, 0) is 95.4 Å². The monoisotopic (exact) mass is 794 g/mol. The van der Waals surface area contributed by atoms with Crippen LogP contribution < -0.4 is 13.7 Å². The van der Waals surface area contributed by atoms with Gasteiger partial charge in [0, 0.05) is 24.6 Å². The molecule has 4 nitrogen and oxygen atoms in total. The molecule has 1 aromatic rings. The van der Waals surface area contributed by atoms with Gasteiger partial charge in [-0.25, -0.2) is 0 Å². The van der Waals surface area contributed by atoms with Crippen molar-refractivity contribution in [2.45, 2.75) is 71.6 Å². The quantitative estimate of drug-likeness (QED) is 0.0310. The summed E-state index contributed by atoms with van der Waals surface area (Å²) in [6.07, 6.45) is 33.7. The molecule has 1 rings (SSSR count). The summed E-state index contributed by atoms with van der Waals surface area (Å²) in [6.45, 7) is 4.79. The number of halogens is 2. The van der Waals surface area contributed by atoms with Crippen LogP contribution in [0.2, 0.25) is 0 Å². The highest BCUT2D eigenvalue weighted by Gasteiger charge is 2.10. The molecule has 0 unspecified atom stereocenters. The van der Waals surface area contributed by atoms with E-state index < -0.39 is 0 Å². The maximum absolute atomic E-state index is 12.3. The number of hydrogen-bond donors (Lipinski definition) is 0. The minimum absolute atomic E-state index is 0.272. The van der Waals surface area contributed by atoms with Crippen LogP contribution in [0.1, 0.15) is 71.6 Å². The second-order valence-corrected chi connectivity index (χ2v) is 25.8. The zero-order chi connectivity index (χ0) is 28.4. The van der Waals surface area contributed by atoms with E-state index in [1.807, 2.05) is 19.1 Å². The van der Waals surface area contributed by atoms with E-state index in [0.717, 1.165) is 44.9 Å². The lowest BCUT2D eigenvalue weighted by Gasteiger charge is -2.11. The molecule has 0 heterocycles. The Morgan fingerprint density at radius 1 is 0.744 bits per heavy atom. The number of benzene rings is 1. The van der Waals surface area contributed by atoms with Gasteiger partial charge >= 0.3 is 5.97 Å². The third kappa shape index (κ3) is 22.4. The summed E-state index contributed by atoms with van der Waals surface area (Å²) >= 11 is 6.05. The van der Waals surface area contributed by atoms with Crippen molar-refractivity contribution in [2.24, 2.45) is 0 Å². The van der Waals surface area contributed by atoms with Gasteiger partial charge in [-0.15, -0.1) is 0 Å². The van der Waals surface area contributed by atoms with Crippen molar-refractivity contribution >= 4 is 64.1 Å². The molecule has 0 N–H and O–H groups in total. The highest BCUT2D eigenvalue weighted by atomic mass is 127. The second-order valence-electron chi connectivity index (χ2n) is 8.28. The number of carbonyl (C=O) groups is 1. The summed E-state index contributed by atoms with van der Waals surface area (Å²) < 4.78 is 16.7. The topological polar surface area (TPSA) is 44.8 Å². The van der Waals surface area contributed by atoms with Gasteiger partial charge in [-0.3, -0.25) is 4.79 Å². The Bertz CT molecular complexity index is 971. The van der Waals surface area contributed by atoms with Crippen LogP contribution in [0.5, 0.6) is 17.2 Å². The Morgan fingerprint density at radius 2 is 1.23 bits per heavy atom. The fourth-order valence-electron chi connectivity index (χ4n) is 3.05. The van der Waals surface area contributed by atoms with Crippen molar-refractivity contribution in [1.82, 2.24) is 0 Å². The standard InChI is InChI=1S/C31H41I2O4PS/c1-3-5-6-7-8-9-10-11-12-13-14-15-16-17-18-19-20-21-22-23-31(34)36-29-25-28(35-24-4-2)26-30(27-29)37-39-38(32)33/h5-6,8-9,11-12,14-15,17-18,20-21,25-27H,3-4,7,10,13,16,19,22-24H2,1-2H3/b6-5-,9-8-,12-11-,15-14-,18-17-,21-20-. The van der Waals surface area contributed by atoms with Crippen LogP contribution in [0, 0.1) is 0 Å². The largest absolute Gasteiger partial charge is 0.493 e. The van der Waals surface area contributed by atoms with Gasteiger partial charge in [0.25, 0.3) is 0 Å². The number of hydrogen-bond acceptors (Lipinski definition) is 5. The van der Waals surface area contributed by atoms with E-state index in [2.05, 4.69) is 118 Å². The average molecular weight is 795 g/mol. The van der Waals surface area contributed by atoms with E-state index in [0.29, 0.717) is 36.7 Å². The molecule has 0 bridgehead atoms. The van der Waals surface area contributed by atoms with Crippen LogP contribution >= 0.6 is 58.2 Å². The van der Waals surface area contributed by atoms with Crippen LogP contribution in [0.4, 0.5) is 0 Å². The maximum atomic E-state index is 12.3. The molecular weight excluding hydrogens is 753 g/mol. The molecule has 0 spiro atoms. The van der Waals surface area contributed by atoms with Crippen LogP contribution in [0.15, 0.2) is 91.1 Å². The summed E-state index contributed by atoms with van der Waals surface area (Å²) in [5.41, 5.74) is 0. The molecule has 1 aromatic carbocycles. The zero-order valence-electron chi connectivity index (χ0n) is 23.0. The maximum Gasteiger partial charge on any atom is 0.311 e. The molecule has 8 heteroatoms. The van der Waals surface area contributed by atoms with Crippen molar-refractivity contribution in [2.75, 3.05) is 6.61 Å². The normalized spacial score (nSPS) is 12.4. The van der Waals surface area contributed by atoms with Crippen LogP contribution in [-0.2, 0) is 4.79 Å². The lowest BCUT2D eigenvalue weighted by Crippen LogP contribution is -2.07. The summed E-state index contributed by atoms with van der Waals surface area (Å²) in [5.74, 6) is 1.43. The molecule has 39 heavy (non-hydrogen) atoms. The lowest BCUT2D eigenvalue weighted by atomic mass is 10.2. The smallest absolute Gasteiger partial charge is 0.311 e. The van der Waals surface area contributed by atoms with Crippen LogP contribution in [-0.4, -0.2) is 12.6 Å². The van der Waals surface area contributed by atoms with Gasteiger partial charge in [0.15, 0.2) is 0 Å². The zero-order valence-corrected chi connectivity index (χ0v) is 29.0. The predicted molar refractivity (Wildman–Crippen MR) is 188 cm³/mol. The average Bonchev–Trinajstić information content (AvgIpc) is 2.92. The van der Waals surface area contributed by atoms with E-state index in [9.17, 15) is 4.79 Å². The van der Waals surface area contributed by atoms with Gasteiger partial charge in [0.1, 0.15) is 31.3 Å². The van der Waals surface area contributed by atoms with Crippen molar-refractivity contribution in [3.8, 4) is 17.2 Å². The van der Waals surface area contributed by atoms with Crippen molar-refractivity contribution < 1.29 is 18.5 Å². The molecule has 0 amide bonds.